The van der Waals surface area contributed by atoms with E-state index in [-0.39, 0.29) is 11.5 Å². The number of carbonyl (C=O) groups excluding carboxylic acids is 1. The monoisotopic (exact) mass is 492 g/mol. The first-order chi connectivity index (χ1) is 17.0. The summed E-state index contributed by atoms with van der Waals surface area (Å²) < 4.78 is 7.26. The quantitative estimate of drug-likeness (QED) is 0.374. The van der Waals surface area contributed by atoms with Crippen LogP contribution >= 0.6 is 11.6 Å². The minimum Gasteiger partial charge on any atom is -0.378 e. The van der Waals surface area contributed by atoms with Crippen molar-refractivity contribution in [1.29, 1.82) is 0 Å². The van der Waals surface area contributed by atoms with Gasteiger partial charge in [0, 0.05) is 44.1 Å². The summed E-state index contributed by atoms with van der Waals surface area (Å²) in [6.07, 6.45) is 1.68. The Morgan fingerprint density at radius 1 is 1.09 bits per heavy atom. The Labute approximate surface area is 207 Å². The number of rotatable bonds is 6. The van der Waals surface area contributed by atoms with Gasteiger partial charge in [-0.25, -0.2) is 15.0 Å². The molecule has 11 heteroatoms. The summed E-state index contributed by atoms with van der Waals surface area (Å²) in [5, 5.41) is 6.83. The van der Waals surface area contributed by atoms with Crippen molar-refractivity contribution in [2.24, 2.45) is 12.8 Å². The van der Waals surface area contributed by atoms with Crippen LogP contribution in [-0.4, -0.2) is 58.8 Å². The lowest BCUT2D eigenvalue weighted by atomic mass is 10.1. The molecule has 5 rings (SSSR count). The molecule has 1 saturated heterocycles. The van der Waals surface area contributed by atoms with E-state index in [0.29, 0.717) is 27.6 Å². The molecule has 0 aliphatic carbocycles. The van der Waals surface area contributed by atoms with Crippen molar-refractivity contribution in [3.63, 3.8) is 0 Å². The number of nitrogens with zero attached hydrogens (tertiary/aromatic N) is 5. The second-order valence-corrected chi connectivity index (χ2v) is 8.56. The first-order valence-electron chi connectivity index (χ1n) is 11.2. The molecule has 35 heavy (non-hydrogen) atoms. The summed E-state index contributed by atoms with van der Waals surface area (Å²) in [5.41, 5.74) is 10.1. The average Bonchev–Trinajstić information content (AvgIpc) is 3.27. The van der Waals surface area contributed by atoms with Crippen molar-refractivity contribution >= 4 is 51.6 Å². The number of halogens is 1. The van der Waals surface area contributed by atoms with Gasteiger partial charge in [-0.2, -0.15) is 0 Å². The van der Waals surface area contributed by atoms with Crippen LogP contribution in [0.15, 0.2) is 42.7 Å². The molecule has 0 atom stereocenters. The minimum absolute atomic E-state index is 0.0234. The Bertz CT molecular complexity index is 1400. The highest BCUT2D eigenvalue weighted by atomic mass is 35.5. The first kappa shape index (κ1) is 22.9. The molecule has 0 radical (unpaired) electrons. The molecule has 2 aromatic heterocycles. The Balaban J connectivity index is 1.53. The zero-order valence-corrected chi connectivity index (χ0v) is 20.1. The Morgan fingerprint density at radius 2 is 1.83 bits per heavy atom. The molecule has 180 valence electrons. The van der Waals surface area contributed by atoms with Crippen LogP contribution in [0.5, 0.6) is 0 Å². The molecule has 0 unspecified atom stereocenters. The number of nitrogens with two attached hydrogens (primary N) is 1. The zero-order chi connectivity index (χ0) is 24.5. The van der Waals surface area contributed by atoms with Gasteiger partial charge in [0.15, 0.2) is 17.3 Å². The molecule has 1 aliphatic heterocycles. The molecular formula is C24H25ClN8O2. The fraction of sp³-hybridized carbons (Fsp3) is 0.250. The normalized spacial score (nSPS) is 13.7. The van der Waals surface area contributed by atoms with Crippen molar-refractivity contribution < 1.29 is 9.53 Å². The van der Waals surface area contributed by atoms with Gasteiger partial charge in [-0.05, 0) is 36.4 Å². The molecule has 3 heterocycles. The second kappa shape index (κ2) is 9.40. The van der Waals surface area contributed by atoms with Crippen LogP contribution in [0.25, 0.3) is 22.3 Å². The van der Waals surface area contributed by atoms with E-state index in [0.717, 1.165) is 43.2 Å². The molecular weight excluding hydrogens is 468 g/mol. The number of hydrogen-bond donors (Lipinski definition) is 3. The van der Waals surface area contributed by atoms with Gasteiger partial charge in [0.05, 0.1) is 35.6 Å². The van der Waals surface area contributed by atoms with Crippen LogP contribution in [0.4, 0.5) is 23.0 Å². The molecule has 1 amide bonds. The maximum absolute atomic E-state index is 12.4. The highest BCUT2D eigenvalue weighted by Crippen LogP contribution is 2.35. The van der Waals surface area contributed by atoms with Crippen LogP contribution in [-0.2, 0) is 11.8 Å². The summed E-state index contributed by atoms with van der Waals surface area (Å²) in [6, 6.07) is 11.5. The summed E-state index contributed by atoms with van der Waals surface area (Å²) in [6.45, 7) is 3.14. The van der Waals surface area contributed by atoms with Crippen LogP contribution in [0, 0.1) is 0 Å². The number of benzene rings is 2. The smallest absolute Gasteiger partial charge is 0.271 e. The van der Waals surface area contributed by atoms with Crippen LogP contribution in [0.1, 0.15) is 10.5 Å². The standard InChI is InChI=1S/C24H25ClN8O2/c1-27-23-19(16-7-8-17(25)21-18(16)28-13-32(21)2)30-20(22(26)34)24(31-23)29-14-3-5-15(6-4-14)33-9-11-35-12-10-33/h3-8,13H,9-12H2,1-2H3,(H2,26,34)(H2,27,29,31). The van der Waals surface area contributed by atoms with Crippen molar-refractivity contribution in [2.45, 2.75) is 0 Å². The second-order valence-electron chi connectivity index (χ2n) is 8.15. The number of anilines is 4. The highest BCUT2D eigenvalue weighted by molar-refractivity contribution is 6.35. The van der Waals surface area contributed by atoms with E-state index in [9.17, 15) is 4.79 Å². The third-order valence-corrected chi connectivity index (χ3v) is 6.25. The van der Waals surface area contributed by atoms with Gasteiger partial charge in [0.25, 0.3) is 5.91 Å². The number of ether oxygens (including phenoxy) is 1. The number of hydrogen-bond acceptors (Lipinski definition) is 8. The average molecular weight is 493 g/mol. The number of morpholine rings is 1. The number of carbonyl (C=O) groups is 1. The van der Waals surface area contributed by atoms with Gasteiger partial charge in [-0.15, -0.1) is 0 Å². The van der Waals surface area contributed by atoms with Crippen LogP contribution in [0.3, 0.4) is 0 Å². The highest BCUT2D eigenvalue weighted by Gasteiger charge is 2.22. The molecule has 4 N–H and O–H groups in total. The lowest BCUT2D eigenvalue weighted by Gasteiger charge is -2.29. The molecule has 0 spiro atoms. The van der Waals surface area contributed by atoms with Crippen LogP contribution < -0.4 is 21.3 Å². The predicted molar refractivity (Wildman–Crippen MR) is 138 cm³/mol. The summed E-state index contributed by atoms with van der Waals surface area (Å²) in [5.74, 6) is 0.0349. The van der Waals surface area contributed by atoms with E-state index in [1.807, 2.05) is 41.9 Å². The van der Waals surface area contributed by atoms with Crippen molar-refractivity contribution in [3.05, 3.63) is 53.4 Å². The van der Waals surface area contributed by atoms with Crippen molar-refractivity contribution in [2.75, 3.05) is 48.9 Å². The minimum atomic E-state index is -0.694. The van der Waals surface area contributed by atoms with Crippen LogP contribution in [0.2, 0.25) is 5.02 Å². The van der Waals surface area contributed by atoms with Crippen molar-refractivity contribution in [3.8, 4) is 11.3 Å². The van der Waals surface area contributed by atoms with E-state index in [4.69, 9.17) is 22.1 Å². The van der Waals surface area contributed by atoms with Gasteiger partial charge >= 0.3 is 0 Å². The number of amides is 1. The SMILES string of the molecule is CNc1nc(Nc2ccc(N3CCOCC3)cc2)c(C(N)=O)nc1-c1ccc(Cl)c2c1ncn2C. The molecule has 1 fully saturated rings. The number of aromatic nitrogens is 4. The molecule has 0 bridgehead atoms. The molecule has 4 aromatic rings. The van der Waals surface area contributed by atoms with Gasteiger partial charge in [-0.1, -0.05) is 11.6 Å². The maximum atomic E-state index is 12.4. The Morgan fingerprint density at radius 3 is 2.51 bits per heavy atom. The Hall–Kier alpha value is -3.89. The van der Waals surface area contributed by atoms with Crippen molar-refractivity contribution in [1.82, 2.24) is 19.5 Å². The topological polar surface area (TPSA) is 123 Å². The van der Waals surface area contributed by atoms with Gasteiger partial charge in [0.1, 0.15) is 5.69 Å². The first-order valence-corrected chi connectivity index (χ1v) is 11.5. The number of primary amides is 1. The number of fused-ring (bicyclic) bond motifs is 1. The Kier molecular flexibility index (Phi) is 6.14. The zero-order valence-electron chi connectivity index (χ0n) is 19.4. The van der Waals surface area contributed by atoms with Gasteiger partial charge in [0.2, 0.25) is 0 Å². The molecule has 0 saturated carbocycles. The van der Waals surface area contributed by atoms with E-state index in [2.05, 4.69) is 30.5 Å². The van der Waals surface area contributed by atoms with E-state index in [1.165, 1.54) is 0 Å². The lowest BCUT2D eigenvalue weighted by Crippen LogP contribution is -2.36. The third kappa shape index (κ3) is 4.33. The number of nitrogens with one attached hydrogen (secondary N) is 2. The largest absolute Gasteiger partial charge is 0.378 e. The number of imidazole rings is 1. The summed E-state index contributed by atoms with van der Waals surface area (Å²) in [7, 11) is 3.60. The van der Waals surface area contributed by atoms with E-state index in [1.54, 1.807) is 19.4 Å². The fourth-order valence-electron chi connectivity index (χ4n) is 4.18. The molecule has 1 aliphatic rings. The van der Waals surface area contributed by atoms with E-state index >= 15 is 0 Å². The molecule has 2 aromatic carbocycles. The maximum Gasteiger partial charge on any atom is 0.271 e. The van der Waals surface area contributed by atoms with Gasteiger partial charge < -0.3 is 30.6 Å². The summed E-state index contributed by atoms with van der Waals surface area (Å²) >= 11 is 6.39. The molecule has 10 nitrogen and oxygen atoms in total. The predicted octanol–water partition coefficient (Wildman–Crippen LogP) is 3.40. The fourth-order valence-corrected chi connectivity index (χ4v) is 4.47. The lowest BCUT2D eigenvalue weighted by molar-refractivity contribution is 0.0996. The third-order valence-electron chi connectivity index (χ3n) is 5.94. The van der Waals surface area contributed by atoms with E-state index < -0.39 is 5.91 Å². The number of aryl methyl sites for hydroxylation is 1. The summed E-state index contributed by atoms with van der Waals surface area (Å²) in [4.78, 5) is 28.4. The van der Waals surface area contributed by atoms with Gasteiger partial charge in [-0.3, -0.25) is 4.79 Å².